The van der Waals surface area contributed by atoms with Crippen LogP contribution in [0.5, 0.6) is 5.75 Å². The molecule has 37 heavy (non-hydrogen) atoms. The van der Waals surface area contributed by atoms with Gasteiger partial charge in [0.25, 0.3) is 5.56 Å². The Labute approximate surface area is 219 Å². The fourth-order valence-corrected chi connectivity index (χ4v) is 5.64. The van der Waals surface area contributed by atoms with E-state index in [0.717, 1.165) is 70.9 Å². The Morgan fingerprint density at radius 3 is 2.65 bits per heavy atom. The molecule has 9 heteroatoms. The highest BCUT2D eigenvalue weighted by molar-refractivity contribution is 7.22. The van der Waals surface area contributed by atoms with E-state index in [1.54, 1.807) is 17.9 Å². The van der Waals surface area contributed by atoms with Gasteiger partial charge in [0.05, 0.1) is 42.2 Å². The van der Waals surface area contributed by atoms with E-state index in [0.29, 0.717) is 17.8 Å². The first kappa shape index (κ1) is 26.6. The van der Waals surface area contributed by atoms with Crippen LogP contribution in [0.25, 0.3) is 20.9 Å². The Kier molecular flexibility index (Phi) is 9.12. The Balaban J connectivity index is 0.000000396. The number of aliphatic hydroxyl groups excluding tert-OH is 1. The van der Waals surface area contributed by atoms with Crippen molar-refractivity contribution in [1.82, 2.24) is 9.55 Å². The summed E-state index contributed by atoms with van der Waals surface area (Å²) >= 11 is 1.53. The maximum absolute atomic E-state index is 13.2. The molecule has 4 aromatic rings. The SMILES string of the molecule is COc1ccccc1CCc1cn(CCC#N)c(=O)c2c(C)c(-c3ncco3)sc12.OC1CCOCC1. The van der Waals surface area contributed by atoms with Crippen LogP contribution in [0.1, 0.15) is 36.0 Å². The zero-order valence-corrected chi connectivity index (χ0v) is 21.9. The summed E-state index contributed by atoms with van der Waals surface area (Å²) in [6, 6.07) is 10.1. The van der Waals surface area contributed by atoms with Crippen LogP contribution in [-0.2, 0) is 24.1 Å². The van der Waals surface area contributed by atoms with Gasteiger partial charge in [0.15, 0.2) is 0 Å². The number of benzene rings is 1. The molecule has 0 unspecified atom stereocenters. The van der Waals surface area contributed by atoms with Crippen LogP contribution in [0.15, 0.2) is 52.1 Å². The molecule has 1 aromatic carbocycles. The van der Waals surface area contributed by atoms with Crippen molar-refractivity contribution < 1.29 is 19.0 Å². The van der Waals surface area contributed by atoms with Gasteiger partial charge >= 0.3 is 0 Å². The monoisotopic (exact) mass is 521 g/mol. The number of aryl methyl sites for hydroxylation is 4. The second kappa shape index (κ2) is 12.7. The van der Waals surface area contributed by atoms with Gasteiger partial charge in [-0.05, 0) is 55.4 Å². The number of pyridine rings is 1. The zero-order valence-electron chi connectivity index (χ0n) is 21.1. The average molecular weight is 522 g/mol. The van der Waals surface area contributed by atoms with Gasteiger partial charge in [0.2, 0.25) is 5.89 Å². The lowest BCUT2D eigenvalue weighted by atomic mass is 10.0. The number of para-hydroxylation sites is 1. The van der Waals surface area contributed by atoms with Crippen molar-refractivity contribution in [2.75, 3.05) is 20.3 Å². The van der Waals surface area contributed by atoms with Crippen LogP contribution in [-0.4, -0.2) is 41.1 Å². The molecule has 0 amide bonds. The number of fused-ring (bicyclic) bond motifs is 1. The summed E-state index contributed by atoms with van der Waals surface area (Å²) in [7, 11) is 1.67. The highest BCUT2D eigenvalue weighted by Crippen LogP contribution is 2.38. The van der Waals surface area contributed by atoms with E-state index < -0.39 is 0 Å². The molecule has 0 aliphatic carbocycles. The molecule has 194 valence electrons. The van der Waals surface area contributed by atoms with Crippen LogP contribution >= 0.6 is 11.3 Å². The van der Waals surface area contributed by atoms with E-state index in [1.807, 2.05) is 31.3 Å². The molecule has 0 atom stereocenters. The van der Waals surface area contributed by atoms with Gasteiger partial charge in [-0.25, -0.2) is 4.98 Å². The van der Waals surface area contributed by atoms with Crippen LogP contribution in [0.3, 0.4) is 0 Å². The first-order valence-electron chi connectivity index (χ1n) is 12.3. The van der Waals surface area contributed by atoms with Crippen molar-refractivity contribution in [1.29, 1.82) is 5.26 Å². The third-order valence-electron chi connectivity index (χ3n) is 6.36. The van der Waals surface area contributed by atoms with Gasteiger partial charge in [-0.2, -0.15) is 5.26 Å². The predicted octanol–water partition coefficient (Wildman–Crippen LogP) is 4.89. The Morgan fingerprint density at radius 2 is 2.00 bits per heavy atom. The van der Waals surface area contributed by atoms with E-state index in [-0.39, 0.29) is 18.1 Å². The van der Waals surface area contributed by atoms with Crippen molar-refractivity contribution in [3.05, 3.63) is 70.0 Å². The Hall–Kier alpha value is -3.45. The van der Waals surface area contributed by atoms with Gasteiger partial charge in [0, 0.05) is 30.7 Å². The lowest BCUT2D eigenvalue weighted by Gasteiger charge is -2.15. The smallest absolute Gasteiger partial charge is 0.259 e. The molecular weight excluding hydrogens is 490 g/mol. The van der Waals surface area contributed by atoms with E-state index in [9.17, 15) is 4.79 Å². The molecule has 0 saturated carbocycles. The molecule has 0 radical (unpaired) electrons. The van der Waals surface area contributed by atoms with Crippen LogP contribution in [0.2, 0.25) is 0 Å². The van der Waals surface area contributed by atoms with Gasteiger partial charge in [-0.15, -0.1) is 11.3 Å². The summed E-state index contributed by atoms with van der Waals surface area (Å²) in [5.41, 5.74) is 2.98. The van der Waals surface area contributed by atoms with Gasteiger partial charge < -0.3 is 23.6 Å². The second-order valence-electron chi connectivity index (χ2n) is 8.81. The van der Waals surface area contributed by atoms with Crippen LogP contribution in [0.4, 0.5) is 0 Å². The maximum Gasteiger partial charge on any atom is 0.259 e. The standard InChI is InChI=1S/C23H21N3O3S.C5H10O2/c1-15-19-21(30-20(15)22-25-11-13-29-22)17(14-26(23(19)27)12-5-10-24)9-8-16-6-3-4-7-18(16)28-2;6-5-1-3-7-4-2-5/h3-4,6-7,11,13-14H,5,8-9,12H2,1-2H3;5-6H,1-4H2. The summed E-state index contributed by atoms with van der Waals surface area (Å²) < 4.78 is 18.6. The summed E-state index contributed by atoms with van der Waals surface area (Å²) in [5.74, 6) is 1.38. The van der Waals surface area contributed by atoms with E-state index in [4.69, 9.17) is 24.3 Å². The predicted molar refractivity (Wildman–Crippen MR) is 143 cm³/mol. The molecule has 1 fully saturated rings. The number of aliphatic hydroxyl groups is 1. The Morgan fingerprint density at radius 1 is 1.24 bits per heavy atom. The first-order chi connectivity index (χ1) is 18.0. The van der Waals surface area contributed by atoms with E-state index in [1.165, 1.54) is 17.6 Å². The summed E-state index contributed by atoms with van der Waals surface area (Å²) in [4.78, 5) is 18.3. The topological polar surface area (TPSA) is 111 Å². The van der Waals surface area contributed by atoms with E-state index >= 15 is 0 Å². The normalized spacial score (nSPS) is 13.7. The number of rotatable bonds is 7. The fraction of sp³-hybridized carbons (Fsp3) is 0.393. The number of nitrogens with zero attached hydrogens (tertiary/aromatic N) is 3. The number of nitriles is 1. The Bertz CT molecular complexity index is 1410. The minimum atomic E-state index is -0.0891. The van der Waals surface area contributed by atoms with E-state index in [2.05, 4.69) is 17.1 Å². The minimum Gasteiger partial charge on any atom is -0.496 e. The summed E-state index contributed by atoms with van der Waals surface area (Å²) in [6.45, 7) is 3.78. The molecule has 3 aromatic heterocycles. The third kappa shape index (κ3) is 6.28. The van der Waals surface area contributed by atoms with Crippen molar-refractivity contribution in [2.24, 2.45) is 0 Å². The quantitative estimate of drug-likeness (QED) is 0.369. The highest BCUT2D eigenvalue weighted by atomic mass is 32.1. The molecule has 0 spiro atoms. The van der Waals surface area contributed by atoms with Crippen molar-refractivity contribution in [3.8, 4) is 22.6 Å². The third-order valence-corrected chi connectivity index (χ3v) is 7.72. The van der Waals surface area contributed by atoms with Crippen LogP contribution < -0.4 is 10.3 Å². The number of oxazole rings is 1. The largest absolute Gasteiger partial charge is 0.496 e. The fourth-order valence-electron chi connectivity index (χ4n) is 4.36. The average Bonchev–Trinajstić information content (AvgIpc) is 3.57. The summed E-state index contributed by atoms with van der Waals surface area (Å²) in [6.07, 6.45) is 8.39. The molecule has 1 saturated heterocycles. The van der Waals surface area contributed by atoms with Gasteiger partial charge in [-0.3, -0.25) is 4.79 Å². The molecule has 0 bridgehead atoms. The molecule has 1 N–H and O–H groups in total. The van der Waals surface area contributed by atoms with Crippen molar-refractivity contribution in [2.45, 2.75) is 51.7 Å². The number of hydrogen-bond acceptors (Lipinski definition) is 8. The second-order valence-corrected chi connectivity index (χ2v) is 9.83. The molecule has 1 aliphatic rings. The number of aromatic nitrogens is 2. The molecule has 1 aliphatic heterocycles. The van der Waals surface area contributed by atoms with Crippen molar-refractivity contribution in [3.63, 3.8) is 0 Å². The van der Waals surface area contributed by atoms with Crippen LogP contribution in [0, 0.1) is 18.3 Å². The maximum atomic E-state index is 13.2. The molecule has 4 heterocycles. The van der Waals surface area contributed by atoms with Gasteiger partial charge in [0.1, 0.15) is 12.0 Å². The number of methoxy groups -OCH3 is 1. The van der Waals surface area contributed by atoms with Crippen molar-refractivity contribution >= 4 is 21.4 Å². The first-order valence-corrected chi connectivity index (χ1v) is 13.1. The minimum absolute atomic E-state index is 0.0761. The lowest BCUT2D eigenvalue weighted by Crippen LogP contribution is -2.21. The number of ether oxygens (including phenoxy) is 2. The molecule has 8 nitrogen and oxygen atoms in total. The molecular formula is C28H31N3O5S. The lowest BCUT2D eigenvalue weighted by molar-refractivity contribution is 0.0140. The summed E-state index contributed by atoms with van der Waals surface area (Å²) in [5, 5.41) is 18.5. The highest BCUT2D eigenvalue weighted by Gasteiger charge is 2.20. The zero-order chi connectivity index (χ0) is 26.2. The molecule has 5 rings (SSSR count). The van der Waals surface area contributed by atoms with Gasteiger partial charge in [-0.1, -0.05) is 18.2 Å². The number of thiophene rings is 1. The number of hydrogen-bond donors (Lipinski definition) is 1.